The first-order chi connectivity index (χ1) is 16.9. The summed E-state index contributed by atoms with van der Waals surface area (Å²) in [7, 11) is 2.03. The molecule has 1 aliphatic heterocycles. The Morgan fingerprint density at radius 1 is 1.03 bits per heavy atom. The zero-order chi connectivity index (χ0) is 24.4. The Hall–Kier alpha value is -3.55. The Kier molecular flexibility index (Phi) is 6.36. The summed E-state index contributed by atoms with van der Waals surface area (Å²) in [5.41, 5.74) is 2.07. The molecule has 0 unspecified atom stereocenters. The van der Waals surface area contributed by atoms with Gasteiger partial charge < -0.3 is 19.7 Å². The average molecular weight is 473 g/mol. The third-order valence-electron chi connectivity index (χ3n) is 6.64. The molecular formula is C28H29FN4O2. The van der Waals surface area contributed by atoms with Crippen molar-refractivity contribution < 1.29 is 13.9 Å². The van der Waals surface area contributed by atoms with Gasteiger partial charge in [-0.25, -0.2) is 14.4 Å². The van der Waals surface area contributed by atoms with Gasteiger partial charge in [-0.3, -0.25) is 0 Å². The monoisotopic (exact) mass is 472 g/mol. The summed E-state index contributed by atoms with van der Waals surface area (Å²) in [5, 5.41) is 14.8. The Bertz CT molecular complexity index is 1280. The van der Waals surface area contributed by atoms with Crippen molar-refractivity contribution in [2.24, 2.45) is 0 Å². The standard InChI is InChI=1S/C28H29FN4O2/c1-19(20-6-4-3-5-7-20)31-24-18-22(12-15-30-24)26-25(21-8-10-23(29)11-9-21)32-27(35-26)28(34)13-16-33(2)17-14-28/h3-12,15,18-19,34H,13-14,16-17H2,1-2H3,(H,30,31)/t19-/m0/s1. The summed E-state index contributed by atoms with van der Waals surface area (Å²) in [4.78, 5) is 11.4. The van der Waals surface area contributed by atoms with Gasteiger partial charge in [0.05, 0.1) is 0 Å². The molecule has 35 heavy (non-hydrogen) atoms. The second-order valence-corrected chi connectivity index (χ2v) is 9.24. The van der Waals surface area contributed by atoms with Gasteiger partial charge in [0.2, 0.25) is 5.89 Å². The van der Waals surface area contributed by atoms with Crippen LogP contribution in [-0.2, 0) is 5.60 Å². The van der Waals surface area contributed by atoms with E-state index < -0.39 is 5.60 Å². The topological polar surface area (TPSA) is 74.4 Å². The number of pyridine rings is 1. The molecular weight excluding hydrogens is 443 g/mol. The minimum Gasteiger partial charge on any atom is -0.437 e. The first-order valence-corrected chi connectivity index (χ1v) is 11.9. The lowest BCUT2D eigenvalue weighted by molar-refractivity contribution is -0.0410. The van der Waals surface area contributed by atoms with E-state index in [1.807, 2.05) is 37.4 Å². The summed E-state index contributed by atoms with van der Waals surface area (Å²) in [6.07, 6.45) is 2.78. The lowest BCUT2D eigenvalue weighted by Crippen LogP contribution is -2.40. The molecule has 0 amide bonds. The third kappa shape index (κ3) is 4.97. The fraction of sp³-hybridized carbons (Fsp3) is 0.286. The van der Waals surface area contributed by atoms with Gasteiger partial charge in [-0.05, 0) is 68.8 Å². The molecule has 0 saturated carbocycles. The van der Waals surface area contributed by atoms with E-state index in [-0.39, 0.29) is 11.9 Å². The van der Waals surface area contributed by atoms with Crippen LogP contribution in [0.15, 0.2) is 77.3 Å². The highest BCUT2D eigenvalue weighted by Crippen LogP contribution is 2.40. The Morgan fingerprint density at radius 3 is 2.46 bits per heavy atom. The van der Waals surface area contributed by atoms with E-state index in [4.69, 9.17) is 9.40 Å². The average Bonchev–Trinajstić information content (AvgIpc) is 3.34. The van der Waals surface area contributed by atoms with Gasteiger partial charge >= 0.3 is 0 Å². The first-order valence-electron chi connectivity index (χ1n) is 11.9. The van der Waals surface area contributed by atoms with Gasteiger partial charge in [0.15, 0.2) is 5.76 Å². The van der Waals surface area contributed by atoms with Crippen molar-refractivity contribution >= 4 is 5.82 Å². The van der Waals surface area contributed by atoms with E-state index in [1.165, 1.54) is 12.1 Å². The fourth-order valence-corrected chi connectivity index (χ4v) is 4.42. The molecule has 1 aliphatic rings. The summed E-state index contributed by atoms with van der Waals surface area (Å²) in [5.74, 6) is 1.19. The second-order valence-electron chi connectivity index (χ2n) is 9.24. The normalized spacial score (nSPS) is 16.7. The van der Waals surface area contributed by atoms with Crippen LogP contribution >= 0.6 is 0 Å². The van der Waals surface area contributed by atoms with E-state index in [0.29, 0.717) is 36.0 Å². The predicted octanol–water partition coefficient (Wildman–Crippen LogP) is 5.63. The second kappa shape index (κ2) is 9.60. The molecule has 3 heterocycles. The van der Waals surface area contributed by atoms with E-state index in [2.05, 4.69) is 34.3 Å². The molecule has 1 fully saturated rings. The van der Waals surface area contributed by atoms with Gasteiger partial charge in [-0.2, -0.15) is 0 Å². The minimum atomic E-state index is -1.14. The molecule has 2 aromatic heterocycles. The van der Waals surface area contributed by atoms with Crippen LogP contribution in [0.4, 0.5) is 10.2 Å². The number of nitrogens with zero attached hydrogens (tertiary/aromatic N) is 3. The molecule has 2 aromatic carbocycles. The maximum atomic E-state index is 13.6. The van der Waals surface area contributed by atoms with Crippen molar-refractivity contribution in [1.82, 2.24) is 14.9 Å². The number of halogens is 1. The van der Waals surface area contributed by atoms with Crippen molar-refractivity contribution in [3.8, 4) is 22.6 Å². The number of aromatic nitrogens is 2. The molecule has 6 nitrogen and oxygen atoms in total. The smallest absolute Gasteiger partial charge is 0.227 e. The van der Waals surface area contributed by atoms with Crippen molar-refractivity contribution in [2.45, 2.75) is 31.4 Å². The quantitative estimate of drug-likeness (QED) is 0.379. The highest BCUT2D eigenvalue weighted by molar-refractivity contribution is 5.78. The van der Waals surface area contributed by atoms with Crippen LogP contribution in [0.1, 0.15) is 37.3 Å². The number of likely N-dealkylation sites (tertiary alicyclic amines) is 1. The van der Waals surface area contributed by atoms with Crippen molar-refractivity contribution in [2.75, 3.05) is 25.5 Å². The van der Waals surface area contributed by atoms with Crippen LogP contribution in [0.3, 0.4) is 0 Å². The van der Waals surface area contributed by atoms with Gasteiger partial charge in [0.1, 0.15) is 22.9 Å². The Labute approximate surface area is 204 Å². The van der Waals surface area contributed by atoms with Crippen LogP contribution in [0.2, 0.25) is 0 Å². The van der Waals surface area contributed by atoms with Crippen LogP contribution < -0.4 is 5.32 Å². The highest BCUT2D eigenvalue weighted by atomic mass is 19.1. The zero-order valence-corrected chi connectivity index (χ0v) is 19.9. The van der Waals surface area contributed by atoms with E-state index >= 15 is 0 Å². The maximum Gasteiger partial charge on any atom is 0.227 e. The molecule has 2 N–H and O–H groups in total. The van der Waals surface area contributed by atoms with E-state index in [9.17, 15) is 9.50 Å². The third-order valence-corrected chi connectivity index (χ3v) is 6.64. The van der Waals surface area contributed by atoms with Crippen LogP contribution in [0, 0.1) is 5.82 Å². The van der Waals surface area contributed by atoms with Crippen molar-refractivity contribution in [1.29, 1.82) is 0 Å². The molecule has 0 radical (unpaired) electrons. The Morgan fingerprint density at radius 2 is 1.74 bits per heavy atom. The van der Waals surface area contributed by atoms with Gasteiger partial charge in [0.25, 0.3) is 0 Å². The zero-order valence-electron chi connectivity index (χ0n) is 19.9. The SMILES string of the molecule is C[C@H](Nc1cc(-c2oc(C3(O)CCN(C)CC3)nc2-c2ccc(F)cc2)ccn1)c1ccccc1. The number of hydrogen-bond acceptors (Lipinski definition) is 6. The van der Waals surface area contributed by atoms with Crippen molar-refractivity contribution in [3.63, 3.8) is 0 Å². The lowest BCUT2D eigenvalue weighted by atomic mass is 9.91. The van der Waals surface area contributed by atoms with Crippen LogP contribution in [-0.4, -0.2) is 40.1 Å². The molecule has 5 rings (SSSR count). The molecule has 0 spiro atoms. The largest absolute Gasteiger partial charge is 0.437 e. The summed E-state index contributed by atoms with van der Waals surface area (Å²) in [6, 6.07) is 20.1. The number of rotatable bonds is 6. The number of oxazole rings is 1. The molecule has 1 atom stereocenters. The molecule has 7 heteroatoms. The highest BCUT2D eigenvalue weighted by Gasteiger charge is 2.39. The number of nitrogens with one attached hydrogen (secondary N) is 1. The number of aliphatic hydroxyl groups is 1. The van der Waals surface area contributed by atoms with Crippen LogP contribution in [0.5, 0.6) is 0 Å². The number of anilines is 1. The molecule has 1 saturated heterocycles. The fourth-order valence-electron chi connectivity index (χ4n) is 4.42. The predicted molar refractivity (Wildman–Crippen MR) is 134 cm³/mol. The molecule has 4 aromatic rings. The molecule has 180 valence electrons. The number of hydrogen-bond donors (Lipinski definition) is 2. The van der Waals surface area contributed by atoms with Gasteiger partial charge in [0, 0.05) is 36.5 Å². The maximum absolute atomic E-state index is 13.6. The molecule has 0 aliphatic carbocycles. The van der Waals surface area contributed by atoms with Crippen molar-refractivity contribution in [3.05, 3.63) is 90.2 Å². The summed E-state index contributed by atoms with van der Waals surface area (Å²) < 4.78 is 19.9. The van der Waals surface area contributed by atoms with Crippen LogP contribution in [0.25, 0.3) is 22.6 Å². The Balaban J connectivity index is 1.52. The summed E-state index contributed by atoms with van der Waals surface area (Å²) >= 11 is 0. The number of benzene rings is 2. The number of piperidine rings is 1. The van der Waals surface area contributed by atoms with E-state index in [0.717, 1.165) is 29.8 Å². The lowest BCUT2D eigenvalue weighted by Gasteiger charge is -2.34. The minimum absolute atomic E-state index is 0.0562. The van der Waals surface area contributed by atoms with Gasteiger partial charge in [-0.1, -0.05) is 30.3 Å². The first kappa shape index (κ1) is 23.2. The van der Waals surface area contributed by atoms with Gasteiger partial charge in [-0.15, -0.1) is 0 Å². The molecule has 0 bridgehead atoms. The summed E-state index contributed by atoms with van der Waals surface area (Å²) in [6.45, 7) is 3.58. The van der Waals surface area contributed by atoms with E-state index in [1.54, 1.807) is 18.3 Å².